The molecule has 6 rings (SSSR count). The van der Waals surface area contributed by atoms with Gasteiger partial charge in [0.1, 0.15) is 29.1 Å². The van der Waals surface area contributed by atoms with E-state index in [0.717, 1.165) is 47.0 Å². The lowest BCUT2D eigenvalue weighted by molar-refractivity contribution is -0.499. The van der Waals surface area contributed by atoms with Crippen LogP contribution in [0, 0.1) is 6.92 Å². The van der Waals surface area contributed by atoms with Gasteiger partial charge in [-0.15, -0.1) is 0 Å². The Morgan fingerprint density at radius 1 is 1.20 bits per heavy atom. The van der Waals surface area contributed by atoms with Gasteiger partial charge in [0.25, 0.3) is 6.34 Å². The Balaban J connectivity index is 1.22. The van der Waals surface area contributed by atoms with Crippen LogP contribution in [0.3, 0.4) is 0 Å². The average molecular weight is 551 g/mol. The maximum absolute atomic E-state index is 12.0. The number of anilines is 2. The number of hydrogen-bond acceptors (Lipinski definition) is 8. The van der Waals surface area contributed by atoms with Crippen LogP contribution >= 0.6 is 0 Å². The Kier molecular flexibility index (Phi) is 7.05. The molecule has 41 heavy (non-hydrogen) atoms. The minimum Gasteiger partial charge on any atom is -0.495 e. The second kappa shape index (κ2) is 11.0. The van der Waals surface area contributed by atoms with Gasteiger partial charge in [-0.3, -0.25) is 9.37 Å². The van der Waals surface area contributed by atoms with E-state index in [2.05, 4.69) is 37.5 Å². The van der Waals surface area contributed by atoms with Crippen LogP contribution in [0.1, 0.15) is 30.0 Å². The van der Waals surface area contributed by atoms with Crippen LogP contribution in [0.25, 0.3) is 11.0 Å². The van der Waals surface area contributed by atoms with Gasteiger partial charge in [-0.05, 0) is 66.7 Å². The molecule has 1 aromatic carbocycles. The zero-order chi connectivity index (χ0) is 28.5. The number of allylic oxidation sites excluding steroid dienone is 1. The number of aliphatic imine (C=N–C) groups is 1. The van der Waals surface area contributed by atoms with Crippen molar-refractivity contribution >= 4 is 40.5 Å². The largest absolute Gasteiger partial charge is 0.495 e. The second-order valence-electron chi connectivity index (χ2n) is 10.4. The summed E-state index contributed by atoms with van der Waals surface area (Å²) in [6, 6.07) is 7.99. The molecular weight excluding hydrogens is 518 g/mol. The first-order valence-corrected chi connectivity index (χ1v) is 13.6. The van der Waals surface area contributed by atoms with Gasteiger partial charge in [-0.1, -0.05) is 6.58 Å². The number of ether oxygens (including phenoxy) is 2. The SMILES string of the molecule is C=CC(=O)N1CCC(c2nc3c(Nc4ccc(OC5=CC6=NC=[N+](C)C6C=C5)c(C)c4)ncnc3cc2OC)CC1. The third-order valence-corrected chi connectivity index (χ3v) is 7.72. The maximum atomic E-state index is 12.0. The zero-order valence-corrected chi connectivity index (χ0v) is 23.4. The number of nitrogens with one attached hydrogen (secondary N) is 1. The number of methoxy groups -OCH3 is 1. The maximum Gasteiger partial charge on any atom is 0.282 e. The molecule has 10 heteroatoms. The quantitative estimate of drug-likeness (QED) is 0.345. The molecule has 1 fully saturated rings. The van der Waals surface area contributed by atoms with Crippen molar-refractivity contribution in [3.8, 4) is 11.5 Å². The van der Waals surface area contributed by atoms with Gasteiger partial charge < -0.3 is 19.7 Å². The monoisotopic (exact) mass is 550 g/mol. The lowest BCUT2D eigenvalue weighted by Crippen LogP contribution is -2.37. The second-order valence-corrected chi connectivity index (χ2v) is 10.4. The molecule has 0 spiro atoms. The summed E-state index contributed by atoms with van der Waals surface area (Å²) >= 11 is 0. The highest BCUT2D eigenvalue weighted by Crippen LogP contribution is 2.36. The molecule has 4 heterocycles. The van der Waals surface area contributed by atoms with Gasteiger partial charge in [0.05, 0.1) is 25.4 Å². The summed E-state index contributed by atoms with van der Waals surface area (Å²) < 4.78 is 14.0. The number of carbonyl (C=O) groups excluding carboxylic acids is 1. The van der Waals surface area contributed by atoms with E-state index in [0.29, 0.717) is 35.7 Å². The predicted octanol–water partition coefficient (Wildman–Crippen LogP) is 4.30. The van der Waals surface area contributed by atoms with Gasteiger partial charge in [0, 0.05) is 36.8 Å². The lowest BCUT2D eigenvalue weighted by atomic mass is 9.92. The number of rotatable bonds is 7. The predicted molar refractivity (Wildman–Crippen MR) is 158 cm³/mol. The van der Waals surface area contributed by atoms with Crippen LogP contribution in [0.2, 0.25) is 0 Å². The number of likely N-dealkylation sites (tertiary alicyclic amines) is 1. The van der Waals surface area contributed by atoms with Crippen molar-refractivity contribution in [2.24, 2.45) is 4.99 Å². The van der Waals surface area contributed by atoms with Crippen LogP contribution in [-0.2, 0) is 4.79 Å². The van der Waals surface area contributed by atoms with E-state index in [1.54, 1.807) is 7.11 Å². The van der Waals surface area contributed by atoms with Gasteiger partial charge >= 0.3 is 0 Å². The zero-order valence-electron chi connectivity index (χ0n) is 23.4. The average Bonchev–Trinajstić information content (AvgIpc) is 3.37. The van der Waals surface area contributed by atoms with Crippen molar-refractivity contribution in [3.63, 3.8) is 0 Å². The molecular formula is C31H32N7O3+. The third-order valence-electron chi connectivity index (χ3n) is 7.72. The van der Waals surface area contributed by atoms with Crippen molar-refractivity contribution in [2.75, 3.05) is 32.6 Å². The Bertz CT molecular complexity index is 1670. The Hall–Kier alpha value is -4.86. The molecule has 1 aliphatic carbocycles. The number of pyridine rings is 1. The Morgan fingerprint density at radius 2 is 2.02 bits per heavy atom. The summed E-state index contributed by atoms with van der Waals surface area (Å²) in [4.78, 5) is 32.3. The van der Waals surface area contributed by atoms with E-state index in [4.69, 9.17) is 14.5 Å². The molecule has 1 atom stereocenters. The van der Waals surface area contributed by atoms with Crippen LogP contribution in [-0.4, -0.2) is 75.7 Å². The fraction of sp³-hybridized carbons (Fsp3) is 0.290. The number of aryl methyl sites for hydroxylation is 1. The summed E-state index contributed by atoms with van der Waals surface area (Å²) in [6.45, 7) is 6.92. The molecule has 208 valence electrons. The number of piperidine rings is 1. The number of carbonyl (C=O) groups is 1. The first kappa shape index (κ1) is 26.4. The van der Waals surface area contributed by atoms with Crippen molar-refractivity contribution in [2.45, 2.75) is 31.7 Å². The smallest absolute Gasteiger partial charge is 0.282 e. The molecule has 2 aliphatic heterocycles. The highest BCUT2D eigenvalue weighted by Gasteiger charge is 2.29. The third kappa shape index (κ3) is 5.20. The lowest BCUT2D eigenvalue weighted by Gasteiger charge is -2.31. The molecule has 1 amide bonds. The van der Waals surface area contributed by atoms with Gasteiger partial charge in [-0.25, -0.2) is 15.0 Å². The van der Waals surface area contributed by atoms with Gasteiger partial charge in [0.2, 0.25) is 11.6 Å². The number of aromatic nitrogens is 3. The molecule has 2 aromatic heterocycles. The van der Waals surface area contributed by atoms with E-state index < -0.39 is 0 Å². The molecule has 10 nitrogen and oxygen atoms in total. The Labute approximate surface area is 238 Å². The number of benzene rings is 1. The summed E-state index contributed by atoms with van der Waals surface area (Å²) in [5, 5.41) is 3.42. The van der Waals surface area contributed by atoms with Crippen molar-refractivity contribution in [1.82, 2.24) is 19.9 Å². The minimum absolute atomic E-state index is 0.0382. The number of nitrogens with zero attached hydrogens (tertiary/aromatic N) is 6. The van der Waals surface area contributed by atoms with Crippen molar-refractivity contribution in [3.05, 3.63) is 78.5 Å². The van der Waals surface area contributed by atoms with E-state index in [9.17, 15) is 4.79 Å². The van der Waals surface area contributed by atoms with E-state index in [-0.39, 0.29) is 17.9 Å². The van der Waals surface area contributed by atoms with Gasteiger partial charge in [0.15, 0.2) is 11.9 Å². The topological polar surface area (TPSA) is 105 Å². The number of likely N-dealkylation sites (N-methyl/N-ethyl adjacent to an activating group) is 1. The van der Waals surface area contributed by atoms with Gasteiger partial charge in [-0.2, -0.15) is 0 Å². The van der Waals surface area contributed by atoms with Crippen LogP contribution < -0.4 is 14.8 Å². The number of fused-ring (bicyclic) bond motifs is 2. The molecule has 0 bridgehead atoms. The van der Waals surface area contributed by atoms with E-state index in [1.165, 1.54) is 12.4 Å². The highest BCUT2D eigenvalue weighted by molar-refractivity contribution is 6.06. The molecule has 0 radical (unpaired) electrons. The first-order chi connectivity index (χ1) is 19.9. The Morgan fingerprint density at radius 3 is 2.78 bits per heavy atom. The van der Waals surface area contributed by atoms with Crippen LogP contribution in [0.4, 0.5) is 11.5 Å². The molecule has 1 saturated heterocycles. The summed E-state index contributed by atoms with van der Waals surface area (Å²) in [5.74, 6) is 2.93. The minimum atomic E-state index is -0.0382. The molecule has 3 aliphatic rings. The fourth-order valence-electron chi connectivity index (χ4n) is 5.45. The normalized spacial score (nSPS) is 18.4. The van der Waals surface area contributed by atoms with E-state index in [1.807, 2.05) is 61.6 Å². The number of amides is 1. The molecule has 0 saturated carbocycles. The standard InChI is InChI=1S/C31H32N7O3/c1-5-28(39)38-12-10-20(11-13-38)29-27(40-4)16-24-30(36-29)31(33-17-32-24)35-21-6-9-26(19(2)14-21)41-22-7-8-25-23(15-22)34-18-37(25)3/h5-9,14-18,20,25H,1,10-13H2,2-4H3,(H,32,33,35)/q+1. The first-order valence-electron chi connectivity index (χ1n) is 13.6. The number of hydrogen-bond donors (Lipinski definition) is 1. The summed E-state index contributed by atoms with van der Waals surface area (Å²) in [5.41, 5.74) is 5.00. The van der Waals surface area contributed by atoms with Crippen molar-refractivity contribution < 1.29 is 18.8 Å². The fourth-order valence-corrected chi connectivity index (χ4v) is 5.45. The van der Waals surface area contributed by atoms with Crippen LogP contribution in [0.5, 0.6) is 11.5 Å². The highest BCUT2D eigenvalue weighted by atomic mass is 16.5. The molecule has 1 unspecified atom stereocenters. The van der Waals surface area contributed by atoms with Crippen molar-refractivity contribution in [1.29, 1.82) is 0 Å². The molecule has 3 aromatic rings. The summed E-state index contributed by atoms with van der Waals surface area (Å²) in [6.07, 6.45) is 12.3. The van der Waals surface area contributed by atoms with E-state index >= 15 is 0 Å². The van der Waals surface area contributed by atoms with Crippen LogP contribution in [0.15, 0.2) is 72.2 Å². The summed E-state index contributed by atoms with van der Waals surface area (Å²) in [7, 11) is 3.65. The molecule has 1 N–H and O–H groups in total.